The lowest BCUT2D eigenvalue weighted by atomic mass is 9.95. The fourth-order valence-corrected chi connectivity index (χ4v) is 2.70. The van der Waals surface area contributed by atoms with E-state index in [0.717, 1.165) is 22.3 Å². The molecule has 0 aliphatic heterocycles. The first kappa shape index (κ1) is 15.8. The lowest BCUT2D eigenvalue weighted by Gasteiger charge is -2.20. The molecule has 0 aromatic heterocycles. The molecule has 3 aromatic rings. The fraction of sp³-hybridized carbons (Fsp3) is 0.100. The zero-order valence-corrected chi connectivity index (χ0v) is 13.3. The van der Waals surface area contributed by atoms with Crippen molar-refractivity contribution in [1.82, 2.24) is 0 Å². The lowest BCUT2D eigenvalue weighted by molar-refractivity contribution is 0.147. The van der Waals surface area contributed by atoms with E-state index in [1.165, 1.54) is 0 Å². The van der Waals surface area contributed by atoms with Crippen molar-refractivity contribution in [2.75, 3.05) is 0 Å². The van der Waals surface area contributed by atoms with Crippen molar-refractivity contribution < 1.29 is 5.11 Å². The average Bonchev–Trinajstić information content (AvgIpc) is 2.62. The van der Waals surface area contributed by atoms with Crippen LogP contribution < -0.4 is 5.73 Å². The molecule has 0 saturated heterocycles. The van der Waals surface area contributed by atoms with Crippen LogP contribution in [0.15, 0.2) is 78.9 Å². The molecular weight excluding hydrogens is 306 g/mol. The Morgan fingerprint density at radius 1 is 0.696 bits per heavy atom. The van der Waals surface area contributed by atoms with Gasteiger partial charge in [0, 0.05) is 5.02 Å². The predicted octanol–water partition coefficient (Wildman–Crippen LogP) is 4.74. The van der Waals surface area contributed by atoms with Crippen molar-refractivity contribution in [1.29, 1.82) is 0 Å². The van der Waals surface area contributed by atoms with Crippen LogP contribution in [-0.4, -0.2) is 5.11 Å². The minimum Gasteiger partial charge on any atom is -0.386 e. The second-order valence-corrected chi connectivity index (χ2v) is 5.95. The number of halogens is 1. The SMILES string of the molecule is NC(c1ccc(Cl)cc1)C(O)c1ccc(-c2ccccc2)cc1. The molecule has 3 heteroatoms. The van der Waals surface area contributed by atoms with Gasteiger partial charge in [0.05, 0.1) is 12.1 Å². The molecular formula is C20H18ClNO. The second kappa shape index (κ2) is 6.97. The minimum absolute atomic E-state index is 0.491. The first-order chi connectivity index (χ1) is 11.1. The van der Waals surface area contributed by atoms with Crippen molar-refractivity contribution in [2.45, 2.75) is 12.1 Å². The van der Waals surface area contributed by atoms with E-state index in [9.17, 15) is 5.11 Å². The molecule has 0 bridgehead atoms. The lowest BCUT2D eigenvalue weighted by Crippen LogP contribution is -2.19. The van der Waals surface area contributed by atoms with Crippen LogP contribution in [0.1, 0.15) is 23.3 Å². The van der Waals surface area contributed by atoms with E-state index < -0.39 is 12.1 Å². The van der Waals surface area contributed by atoms with E-state index in [2.05, 4.69) is 12.1 Å². The fourth-order valence-electron chi connectivity index (χ4n) is 2.58. The third-order valence-corrected chi connectivity index (χ3v) is 4.21. The highest BCUT2D eigenvalue weighted by Gasteiger charge is 2.18. The van der Waals surface area contributed by atoms with E-state index in [-0.39, 0.29) is 0 Å². The summed E-state index contributed by atoms with van der Waals surface area (Å²) in [6, 6.07) is 24.7. The van der Waals surface area contributed by atoms with Crippen molar-refractivity contribution in [3.8, 4) is 11.1 Å². The van der Waals surface area contributed by atoms with Gasteiger partial charge >= 0.3 is 0 Å². The molecule has 116 valence electrons. The Morgan fingerprint density at radius 2 is 1.22 bits per heavy atom. The number of aliphatic hydroxyl groups is 1. The van der Waals surface area contributed by atoms with E-state index in [1.807, 2.05) is 54.6 Å². The predicted molar refractivity (Wildman–Crippen MR) is 95.2 cm³/mol. The molecule has 0 spiro atoms. The number of benzene rings is 3. The van der Waals surface area contributed by atoms with Crippen LogP contribution in [0.2, 0.25) is 5.02 Å². The highest BCUT2D eigenvalue weighted by Crippen LogP contribution is 2.29. The van der Waals surface area contributed by atoms with E-state index >= 15 is 0 Å². The number of hydrogen-bond acceptors (Lipinski definition) is 2. The van der Waals surface area contributed by atoms with Crippen molar-refractivity contribution in [3.63, 3.8) is 0 Å². The summed E-state index contributed by atoms with van der Waals surface area (Å²) in [5, 5.41) is 11.2. The first-order valence-electron chi connectivity index (χ1n) is 7.49. The summed E-state index contributed by atoms with van der Waals surface area (Å²) in [5.74, 6) is 0. The van der Waals surface area contributed by atoms with Crippen LogP contribution in [0, 0.1) is 0 Å². The molecule has 0 aliphatic carbocycles. The van der Waals surface area contributed by atoms with Gasteiger partial charge in [-0.05, 0) is 34.4 Å². The number of aliphatic hydroxyl groups excluding tert-OH is 1. The largest absolute Gasteiger partial charge is 0.386 e. The maximum Gasteiger partial charge on any atom is 0.0982 e. The Hall–Kier alpha value is -2.13. The topological polar surface area (TPSA) is 46.2 Å². The van der Waals surface area contributed by atoms with Gasteiger partial charge in [-0.15, -0.1) is 0 Å². The third-order valence-electron chi connectivity index (χ3n) is 3.95. The van der Waals surface area contributed by atoms with Crippen LogP contribution >= 0.6 is 11.6 Å². The molecule has 3 aromatic carbocycles. The minimum atomic E-state index is -0.763. The van der Waals surface area contributed by atoms with Gasteiger partial charge in [0.25, 0.3) is 0 Å². The molecule has 2 atom stereocenters. The molecule has 0 heterocycles. The molecule has 0 saturated carbocycles. The number of nitrogens with two attached hydrogens (primary N) is 1. The Kier molecular flexibility index (Phi) is 4.77. The van der Waals surface area contributed by atoms with Gasteiger partial charge in [-0.1, -0.05) is 78.3 Å². The summed E-state index contributed by atoms with van der Waals surface area (Å²) < 4.78 is 0. The van der Waals surface area contributed by atoms with Crippen molar-refractivity contribution in [3.05, 3.63) is 95.0 Å². The van der Waals surface area contributed by atoms with E-state index in [1.54, 1.807) is 12.1 Å². The molecule has 2 nitrogen and oxygen atoms in total. The summed E-state index contributed by atoms with van der Waals surface area (Å²) >= 11 is 5.89. The summed E-state index contributed by atoms with van der Waals surface area (Å²) in [6.07, 6.45) is -0.763. The molecule has 3 N–H and O–H groups in total. The molecule has 0 aliphatic rings. The third kappa shape index (κ3) is 3.62. The monoisotopic (exact) mass is 323 g/mol. The van der Waals surface area contributed by atoms with Gasteiger partial charge < -0.3 is 10.8 Å². The molecule has 0 fully saturated rings. The summed E-state index contributed by atoms with van der Waals surface area (Å²) in [7, 11) is 0. The second-order valence-electron chi connectivity index (χ2n) is 5.51. The zero-order chi connectivity index (χ0) is 16.2. The van der Waals surface area contributed by atoms with Crippen LogP contribution in [0.5, 0.6) is 0 Å². The van der Waals surface area contributed by atoms with Gasteiger partial charge in [-0.3, -0.25) is 0 Å². The molecule has 0 radical (unpaired) electrons. The molecule has 2 unspecified atom stereocenters. The maximum atomic E-state index is 10.5. The van der Waals surface area contributed by atoms with Crippen molar-refractivity contribution >= 4 is 11.6 Å². The average molecular weight is 324 g/mol. The highest BCUT2D eigenvalue weighted by atomic mass is 35.5. The standard InChI is InChI=1S/C20H18ClNO/c21-18-12-10-16(11-13-18)19(22)20(23)17-8-6-15(7-9-17)14-4-2-1-3-5-14/h1-13,19-20,23H,22H2. The van der Waals surface area contributed by atoms with Gasteiger partial charge in [0.15, 0.2) is 0 Å². The molecule has 23 heavy (non-hydrogen) atoms. The van der Waals surface area contributed by atoms with Gasteiger partial charge in [-0.25, -0.2) is 0 Å². The first-order valence-corrected chi connectivity index (χ1v) is 7.87. The Morgan fingerprint density at radius 3 is 1.83 bits per heavy atom. The number of hydrogen-bond donors (Lipinski definition) is 2. The van der Waals surface area contributed by atoms with Gasteiger partial charge in [0.1, 0.15) is 0 Å². The zero-order valence-electron chi connectivity index (χ0n) is 12.6. The van der Waals surface area contributed by atoms with Gasteiger partial charge in [-0.2, -0.15) is 0 Å². The molecule has 3 rings (SSSR count). The van der Waals surface area contributed by atoms with Gasteiger partial charge in [0.2, 0.25) is 0 Å². The van der Waals surface area contributed by atoms with E-state index in [4.69, 9.17) is 17.3 Å². The Labute approximate surface area is 141 Å². The van der Waals surface area contributed by atoms with Crippen LogP contribution in [0.25, 0.3) is 11.1 Å². The smallest absolute Gasteiger partial charge is 0.0982 e. The normalized spacial score (nSPS) is 13.5. The maximum absolute atomic E-state index is 10.5. The molecule has 0 amide bonds. The summed E-state index contributed by atoms with van der Waals surface area (Å²) in [4.78, 5) is 0. The number of rotatable bonds is 4. The van der Waals surface area contributed by atoms with Crippen LogP contribution in [-0.2, 0) is 0 Å². The summed E-state index contributed by atoms with van der Waals surface area (Å²) in [6.45, 7) is 0. The van der Waals surface area contributed by atoms with Crippen LogP contribution in [0.4, 0.5) is 0 Å². The Balaban J connectivity index is 1.80. The van der Waals surface area contributed by atoms with Crippen molar-refractivity contribution in [2.24, 2.45) is 5.73 Å². The Bertz CT molecular complexity index is 754. The van der Waals surface area contributed by atoms with E-state index in [0.29, 0.717) is 5.02 Å². The van der Waals surface area contributed by atoms with Crippen LogP contribution in [0.3, 0.4) is 0 Å². The quantitative estimate of drug-likeness (QED) is 0.728. The summed E-state index contributed by atoms with van der Waals surface area (Å²) in [5.41, 5.74) is 10.1. The highest BCUT2D eigenvalue weighted by molar-refractivity contribution is 6.30.